The fraction of sp³-hybridized carbons (Fsp3) is 0.500. The zero-order chi connectivity index (χ0) is 24.3. The van der Waals surface area contributed by atoms with Gasteiger partial charge in [0.1, 0.15) is 16.4 Å². The quantitative estimate of drug-likeness (QED) is 0.214. The zero-order valence-electron chi connectivity index (χ0n) is 19.1. The Labute approximate surface area is 197 Å². The summed E-state index contributed by atoms with van der Waals surface area (Å²) in [6.45, 7) is 2.19. The maximum absolute atomic E-state index is 11.9. The molecule has 0 atom stereocenters. The summed E-state index contributed by atoms with van der Waals surface area (Å²) in [5.41, 5.74) is 0.246. The summed E-state index contributed by atoms with van der Waals surface area (Å²) >= 11 is 0. The topological polar surface area (TPSA) is 118 Å². The Hall–Kier alpha value is -1.94. The Morgan fingerprint density at radius 2 is 1.21 bits per heavy atom. The minimum Gasteiger partial charge on any atom is -0.456 e. The Kier molecular flexibility index (Phi) is 10.8. The van der Waals surface area contributed by atoms with Gasteiger partial charge in [-0.2, -0.15) is 16.8 Å². The molecule has 0 aliphatic rings. The van der Waals surface area contributed by atoms with Crippen LogP contribution in [0.4, 0.5) is 0 Å². The van der Waals surface area contributed by atoms with Gasteiger partial charge in [0.25, 0.3) is 20.2 Å². The predicted octanol–water partition coefficient (Wildman–Crippen LogP) is 6.44. The molecule has 0 saturated carbocycles. The third kappa shape index (κ3) is 9.44. The van der Waals surface area contributed by atoms with E-state index >= 15 is 0 Å². The second-order valence-corrected chi connectivity index (χ2v) is 11.0. The van der Waals surface area contributed by atoms with Crippen molar-refractivity contribution in [3.05, 3.63) is 48.0 Å². The molecule has 0 radical (unpaired) electrons. The highest BCUT2D eigenvalue weighted by atomic mass is 32.2. The van der Waals surface area contributed by atoms with Gasteiger partial charge < -0.3 is 4.74 Å². The average Bonchev–Trinajstić information content (AvgIpc) is 2.74. The minimum atomic E-state index is -4.80. The molecule has 0 fully saturated rings. The first-order valence-corrected chi connectivity index (χ1v) is 14.4. The number of aryl methyl sites for hydroxylation is 1. The largest absolute Gasteiger partial charge is 0.456 e. The van der Waals surface area contributed by atoms with Gasteiger partial charge in [0.2, 0.25) is 0 Å². The van der Waals surface area contributed by atoms with Crippen molar-refractivity contribution in [1.29, 1.82) is 0 Å². The highest BCUT2D eigenvalue weighted by molar-refractivity contribution is 7.86. The highest BCUT2D eigenvalue weighted by Gasteiger charge is 2.25. The molecule has 7 nitrogen and oxygen atoms in total. The lowest BCUT2D eigenvalue weighted by Crippen LogP contribution is -2.09. The van der Waals surface area contributed by atoms with E-state index in [0.29, 0.717) is 18.6 Å². The third-order valence-corrected chi connectivity index (χ3v) is 7.26. The molecule has 184 valence electrons. The van der Waals surface area contributed by atoms with Crippen molar-refractivity contribution in [2.24, 2.45) is 0 Å². The first-order chi connectivity index (χ1) is 15.6. The van der Waals surface area contributed by atoms with Gasteiger partial charge in [-0.1, -0.05) is 82.9 Å². The van der Waals surface area contributed by atoms with Gasteiger partial charge in [0, 0.05) is 0 Å². The first kappa shape index (κ1) is 27.3. The SMILES string of the molecule is CCCCCCCCCCCCc1cc(Oc2ccccc2)c(S(=O)(=O)O)cc1S(=O)(=O)O. The lowest BCUT2D eigenvalue weighted by atomic mass is 10.0. The van der Waals surface area contributed by atoms with Gasteiger partial charge in [-0.05, 0) is 42.7 Å². The number of benzene rings is 2. The third-order valence-electron chi connectivity index (χ3n) is 5.45. The van der Waals surface area contributed by atoms with E-state index in [2.05, 4.69) is 6.92 Å². The molecule has 0 aliphatic carbocycles. The van der Waals surface area contributed by atoms with Gasteiger partial charge in [0.15, 0.2) is 0 Å². The van der Waals surface area contributed by atoms with Crippen LogP contribution in [0.3, 0.4) is 0 Å². The van der Waals surface area contributed by atoms with Crippen LogP contribution in [0.5, 0.6) is 11.5 Å². The van der Waals surface area contributed by atoms with Crippen LogP contribution < -0.4 is 4.74 Å². The Balaban J connectivity index is 2.11. The van der Waals surface area contributed by atoms with E-state index < -0.39 is 30.0 Å². The number of rotatable bonds is 15. The molecule has 33 heavy (non-hydrogen) atoms. The molecule has 0 heterocycles. The zero-order valence-corrected chi connectivity index (χ0v) is 20.7. The van der Waals surface area contributed by atoms with E-state index in [1.54, 1.807) is 30.3 Å². The van der Waals surface area contributed by atoms with Crippen LogP contribution in [0.25, 0.3) is 0 Å². The second-order valence-electron chi connectivity index (χ2n) is 8.20. The number of hydrogen-bond donors (Lipinski definition) is 2. The van der Waals surface area contributed by atoms with Crippen LogP contribution in [-0.2, 0) is 26.7 Å². The summed E-state index contributed by atoms with van der Waals surface area (Å²) in [5, 5.41) is 0. The minimum absolute atomic E-state index is 0.196. The van der Waals surface area contributed by atoms with Crippen molar-refractivity contribution in [1.82, 2.24) is 0 Å². The van der Waals surface area contributed by atoms with E-state index in [1.807, 2.05) is 0 Å². The van der Waals surface area contributed by atoms with Crippen LogP contribution in [0, 0.1) is 0 Å². The molecule has 2 aromatic carbocycles. The highest BCUT2D eigenvalue weighted by Crippen LogP contribution is 2.34. The van der Waals surface area contributed by atoms with Gasteiger partial charge in [0.05, 0.1) is 4.90 Å². The molecule has 0 aliphatic heterocycles. The van der Waals surface area contributed by atoms with Crippen LogP contribution in [0.1, 0.15) is 76.7 Å². The maximum atomic E-state index is 11.9. The lowest BCUT2D eigenvalue weighted by Gasteiger charge is -2.14. The summed E-state index contributed by atoms with van der Waals surface area (Å²) in [5.74, 6) is 0.130. The van der Waals surface area contributed by atoms with Gasteiger partial charge >= 0.3 is 0 Å². The summed E-state index contributed by atoms with van der Waals surface area (Å²) in [7, 11) is -9.50. The van der Waals surface area contributed by atoms with Crippen LogP contribution in [0.2, 0.25) is 0 Å². The van der Waals surface area contributed by atoms with Crippen molar-refractivity contribution in [2.75, 3.05) is 0 Å². The smallest absolute Gasteiger partial charge is 0.298 e. The van der Waals surface area contributed by atoms with Crippen LogP contribution >= 0.6 is 0 Å². The molecule has 0 saturated heterocycles. The Morgan fingerprint density at radius 3 is 1.73 bits per heavy atom. The summed E-state index contributed by atoms with van der Waals surface area (Å²) in [4.78, 5) is -1.25. The van der Waals surface area contributed by atoms with Gasteiger partial charge in [-0.25, -0.2) is 0 Å². The van der Waals surface area contributed by atoms with Gasteiger partial charge in [-0.15, -0.1) is 0 Å². The van der Waals surface area contributed by atoms with Crippen LogP contribution in [-0.4, -0.2) is 25.9 Å². The average molecular weight is 499 g/mol. The molecule has 0 amide bonds. The molecule has 2 aromatic rings. The first-order valence-electron chi connectivity index (χ1n) is 11.5. The van der Waals surface area contributed by atoms with Gasteiger partial charge in [-0.3, -0.25) is 9.11 Å². The van der Waals surface area contributed by atoms with E-state index in [9.17, 15) is 25.9 Å². The Bertz CT molecular complexity index is 1080. The molecule has 2 rings (SSSR count). The van der Waals surface area contributed by atoms with E-state index in [4.69, 9.17) is 4.74 Å². The standard InChI is InChI=1S/C24H34O7S2/c1-2-3-4-5-6-7-8-9-10-12-15-20-18-22(31-21-16-13-11-14-17-21)24(33(28,29)30)19-23(20)32(25,26)27/h11,13-14,16-19H,2-10,12,15H2,1H3,(H,25,26,27)(H,28,29,30). The molecule has 0 aromatic heterocycles. The van der Waals surface area contributed by atoms with E-state index in [1.165, 1.54) is 44.6 Å². The molecule has 9 heteroatoms. The van der Waals surface area contributed by atoms with Crippen molar-refractivity contribution < 1.29 is 30.7 Å². The molecular formula is C24H34O7S2. The molecule has 0 spiro atoms. The van der Waals surface area contributed by atoms with Crippen molar-refractivity contribution in [3.63, 3.8) is 0 Å². The molecular weight excluding hydrogens is 464 g/mol. The van der Waals surface area contributed by atoms with Crippen molar-refractivity contribution >= 4 is 20.2 Å². The summed E-state index contributed by atoms with van der Waals surface area (Å²) < 4.78 is 72.5. The summed E-state index contributed by atoms with van der Waals surface area (Å²) in [6.07, 6.45) is 11.5. The van der Waals surface area contributed by atoms with Crippen molar-refractivity contribution in [2.45, 2.75) is 87.3 Å². The fourth-order valence-corrected chi connectivity index (χ4v) is 5.17. The number of ether oxygens (including phenoxy) is 1. The fourth-order valence-electron chi connectivity index (χ4n) is 3.72. The summed E-state index contributed by atoms with van der Waals surface area (Å²) in [6, 6.07) is 10.4. The number of hydrogen-bond acceptors (Lipinski definition) is 5. The van der Waals surface area contributed by atoms with Crippen LogP contribution in [0.15, 0.2) is 52.3 Å². The maximum Gasteiger partial charge on any atom is 0.298 e. The molecule has 0 bridgehead atoms. The molecule has 2 N–H and O–H groups in total. The monoisotopic (exact) mass is 498 g/mol. The van der Waals surface area contributed by atoms with E-state index in [0.717, 1.165) is 25.3 Å². The van der Waals surface area contributed by atoms with E-state index in [-0.39, 0.29) is 11.3 Å². The number of para-hydroxylation sites is 1. The van der Waals surface area contributed by atoms with Crippen molar-refractivity contribution in [3.8, 4) is 11.5 Å². The second kappa shape index (κ2) is 13.1. The number of unbranched alkanes of at least 4 members (excludes halogenated alkanes) is 9. The molecule has 0 unspecified atom stereocenters. The lowest BCUT2D eigenvalue weighted by molar-refractivity contribution is 0.447. The Morgan fingerprint density at radius 1 is 0.697 bits per heavy atom. The predicted molar refractivity (Wildman–Crippen MR) is 128 cm³/mol. The normalized spacial score (nSPS) is 12.1.